The number of aromatic nitrogens is 4. The number of nitrogens with zero attached hydrogens (tertiary/aromatic N) is 5. The van der Waals surface area contributed by atoms with Crippen molar-refractivity contribution in [1.82, 2.24) is 19.2 Å². The van der Waals surface area contributed by atoms with Crippen molar-refractivity contribution < 1.29 is 27.8 Å². The van der Waals surface area contributed by atoms with Gasteiger partial charge in [0.1, 0.15) is 0 Å². The molecule has 12 heteroatoms. The lowest BCUT2D eigenvalue weighted by Crippen LogP contribution is -2.36. The highest BCUT2D eigenvalue weighted by atomic mass is 19.4. The number of aryl methyl sites for hydroxylation is 1. The second kappa shape index (κ2) is 12.4. The van der Waals surface area contributed by atoms with Gasteiger partial charge in [0.15, 0.2) is 0 Å². The number of hydrogen-bond donors (Lipinski definition) is 0. The number of carboxylic acids is 1. The molecule has 1 aliphatic carbocycles. The number of alkyl halides is 3. The van der Waals surface area contributed by atoms with Crippen LogP contribution in [0.5, 0.6) is 0 Å². The minimum absolute atomic E-state index is 0.160. The van der Waals surface area contributed by atoms with E-state index in [0.717, 1.165) is 16.7 Å². The van der Waals surface area contributed by atoms with Gasteiger partial charge >= 0.3 is 6.18 Å². The molecule has 0 unspecified atom stereocenters. The van der Waals surface area contributed by atoms with E-state index in [1.54, 1.807) is 12.1 Å². The maximum absolute atomic E-state index is 14.2. The lowest BCUT2D eigenvalue weighted by Gasteiger charge is -2.30. The van der Waals surface area contributed by atoms with Gasteiger partial charge in [-0.1, -0.05) is 55.8 Å². The highest BCUT2D eigenvalue weighted by molar-refractivity contribution is 5.70. The average Bonchev–Trinajstić information content (AvgIpc) is 3.44. The summed E-state index contributed by atoms with van der Waals surface area (Å²) in [6.45, 7) is 1.33. The Kier molecular flexibility index (Phi) is 8.64. The summed E-state index contributed by atoms with van der Waals surface area (Å²) in [7, 11) is 0. The molecule has 0 atom stereocenters. The SMILES string of the molecule is CCCc1c(Cc2ccc(-c3ccccc3C#N)cc2)c(=O)n(C2CCC(OCC(=O)[O-])CC2)c2nc(C(F)(F)F)nn12. The van der Waals surface area contributed by atoms with Crippen LogP contribution in [0.1, 0.15) is 73.3 Å². The highest BCUT2D eigenvalue weighted by Crippen LogP contribution is 2.33. The molecular formula is C31H29F3N5O4-. The molecule has 2 aromatic carbocycles. The van der Waals surface area contributed by atoms with Gasteiger partial charge in [-0.2, -0.15) is 23.4 Å². The van der Waals surface area contributed by atoms with E-state index in [1.165, 1.54) is 9.08 Å². The van der Waals surface area contributed by atoms with Crippen molar-refractivity contribution in [1.29, 1.82) is 5.26 Å². The second-order valence-electron chi connectivity index (χ2n) is 10.6. The van der Waals surface area contributed by atoms with Crippen molar-refractivity contribution in [3.8, 4) is 17.2 Å². The van der Waals surface area contributed by atoms with Crippen molar-refractivity contribution in [2.24, 2.45) is 0 Å². The molecular weight excluding hydrogens is 563 g/mol. The van der Waals surface area contributed by atoms with Gasteiger partial charge in [0.25, 0.3) is 11.4 Å². The number of carbonyl (C=O) groups excluding carboxylic acids is 1. The van der Waals surface area contributed by atoms with Crippen LogP contribution in [-0.2, 0) is 28.5 Å². The number of hydrogen-bond acceptors (Lipinski definition) is 7. The van der Waals surface area contributed by atoms with Gasteiger partial charge < -0.3 is 14.6 Å². The average molecular weight is 593 g/mol. The van der Waals surface area contributed by atoms with Crippen molar-refractivity contribution in [2.45, 2.75) is 70.2 Å². The monoisotopic (exact) mass is 592 g/mol. The van der Waals surface area contributed by atoms with Crippen LogP contribution in [0, 0.1) is 11.3 Å². The van der Waals surface area contributed by atoms with Crippen LogP contribution in [0.4, 0.5) is 13.2 Å². The molecule has 0 radical (unpaired) electrons. The lowest BCUT2D eigenvalue weighted by atomic mass is 9.92. The summed E-state index contributed by atoms with van der Waals surface area (Å²) >= 11 is 0. The third-order valence-electron chi connectivity index (χ3n) is 7.77. The molecule has 0 N–H and O–H groups in total. The lowest BCUT2D eigenvalue weighted by molar-refractivity contribution is -0.310. The molecule has 224 valence electrons. The number of nitriles is 1. The van der Waals surface area contributed by atoms with Gasteiger partial charge in [-0.25, -0.2) is 4.52 Å². The number of fused-ring (bicyclic) bond motifs is 1. The van der Waals surface area contributed by atoms with Crippen LogP contribution >= 0.6 is 0 Å². The first-order valence-corrected chi connectivity index (χ1v) is 14.1. The first kappa shape index (κ1) is 30.0. The van der Waals surface area contributed by atoms with Crippen LogP contribution in [0.2, 0.25) is 0 Å². The first-order chi connectivity index (χ1) is 20.6. The van der Waals surface area contributed by atoms with Crippen LogP contribution in [0.15, 0.2) is 53.3 Å². The van der Waals surface area contributed by atoms with Crippen molar-refractivity contribution in [3.63, 3.8) is 0 Å². The molecule has 4 aromatic rings. The molecule has 1 aliphatic rings. The number of halogens is 3. The van der Waals surface area contributed by atoms with Gasteiger partial charge in [-0.05, 0) is 54.9 Å². The summed E-state index contributed by atoms with van der Waals surface area (Å²) in [5, 5.41) is 24.1. The van der Waals surface area contributed by atoms with Crippen LogP contribution in [0.3, 0.4) is 0 Å². The summed E-state index contributed by atoms with van der Waals surface area (Å²) in [5.74, 6) is -2.81. The minimum atomic E-state index is -4.80. The zero-order chi connectivity index (χ0) is 30.7. The minimum Gasteiger partial charge on any atom is -0.548 e. The molecule has 2 heterocycles. The van der Waals surface area contributed by atoms with E-state index >= 15 is 0 Å². The van der Waals surface area contributed by atoms with Crippen LogP contribution in [-0.4, -0.2) is 37.8 Å². The zero-order valence-corrected chi connectivity index (χ0v) is 23.4. The molecule has 1 fully saturated rings. The van der Waals surface area contributed by atoms with Gasteiger partial charge in [0.05, 0.1) is 36.0 Å². The number of benzene rings is 2. The highest BCUT2D eigenvalue weighted by Gasteiger charge is 2.38. The molecule has 0 amide bonds. The number of carboxylic acid groups (broad SMARTS) is 1. The molecule has 0 bridgehead atoms. The molecule has 1 saturated carbocycles. The van der Waals surface area contributed by atoms with E-state index in [1.807, 2.05) is 43.3 Å². The molecule has 43 heavy (non-hydrogen) atoms. The number of aliphatic carboxylic acids is 1. The third-order valence-corrected chi connectivity index (χ3v) is 7.77. The summed E-state index contributed by atoms with van der Waals surface area (Å²) in [6.07, 6.45) is -2.48. The van der Waals surface area contributed by atoms with E-state index in [2.05, 4.69) is 16.2 Å². The first-order valence-electron chi connectivity index (χ1n) is 14.1. The summed E-state index contributed by atoms with van der Waals surface area (Å²) < 4.78 is 49.2. The fourth-order valence-electron chi connectivity index (χ4n) is 5.74. The molecule has 0 aliphatic heterocycles. The number of carbonyl (C=O) groups is 1. The standard InChI is InChI=1S/C31H30F3N5O4/c1-2-5-26-25(16-19-8-10-20(11-9-19)24-7-4-3-6-21(24)17-35)28(42)38(30-36-29(31(32,33)34)37-39(26)30)22-12-14-23(15-13-22)43-18-27(40)41/h3-4,6-11,22-23H,2,5,12-16,18H2,1H3,(H,40,41)/p-1. The fourth-order valence-corrected chi connectivity index (χ4v) is 5.74. The predicted octanol–water partition coefficient (Wildman–Crippen LogP) is 4.24. The number of rotatable bonds is 9. The maximum atomic E-state index is 14.2. The topological polar surface area (TPSA) is 125 Å². The van der Waals surface area contributed by atoms with E-state index in [-0.39, 0.29) is 18.3 Å². The van der Waals surface area contributed by atoms with E-state index in [0.29, 0.717) is 55.3 Å². The summed E-state index contributed by atoms with van der Waals surface area (Å²) in [4.78, 5) is 28.7. The van der Waals surface area contributed by atoms with Gasteiger partial charge in [0, 0.05) is 18.0 Å². The summed E-state index contributed by atoms with van der Waals surface area (Å²) in [5.41, 5.74) is 3.20. The Morgan fingerprint density at radius 3 is 2.44 bits per heavy atom. The van der Waals surface area contributed by atoms with E-state index < -0.39 is 36.2 Å². The Morgan fingerprint density at radius 2 is 1.81 bits per heavy atom. The zero-order valence-electron chi connectivity index (χ0n) is 23.4. The molecule has 9 nitrogen and oxygen atoms in total. The fraction of sp³-hybridized carbons (Fsp3) is 0.387. The largest absolute Gasteiger partial charge is 0.548 e. The quantitative estimate of drug-likeness (QED) is 0.285. The molecule has 2 aromatic heterocycles. The smallest absolute Gasteiger partial charge is 0.453 e. The molecule has 5 rings (SSSR count). The van der Waals surface area contributed by atoms with Gasteiger partial charge in [-0.3, -0.25) is 9.36 Å². The van der Waals surface area contributed by atoms with Crippen molar-refractivity contribution in [3.05, 3.63) is 87.1 Å². The molecule has 0 saturated heterocycles. The molecule has 0 spiro atoms. The van der Waals surface area contributed by atoms with Gasteiger partial charge in [-0.15, -0.1) is 5.10 Å². The van der Waals surface area contributed by atoms with Crippen LogP contribution < -0.4 is 10.7 Å². The van der Waals surface area contributed by atoms with E-state index in [4.69, 9.17) is 4.74 Å². The van der Waals surface area contributed by atoms with Gasteiger partial charge in [0.2, 0.25) is 5.78 Å². The second-order valence-corrected chi connectivity index (χ2v) is 10.6. The predicted molar refractivity (Wildman–Crippen MR) is 148 cm³/mol. The van der Waals surface area contributed by atoms with Crippen LogP contribution in [0.25, 0.3) is 16.9 Å². The third kappa shape index (κ3) is 6.32. The van der Waals surface area contributed by atoms with Crippen molar-refractivity contribution in [2.75, 3.05) is 6.61 Å². The van der Waals surface area contributed by atoms with E-state index in [9.17, 15) is 33.1 Å². The Balaban J connectivity index is 1.56. The Hall–Kier alpha value is -4.50. The Morgan fingerprint density at radius 1 is 1.12 bits per heavy atom. The normalized spacial score (nSPS) is 17.2. The Bertz CT molecular complexity index is 1730. The van der Waals surface area contributed by atoms with Crippen molar-refractivity contribution >= 4 is 11.7 Å². The number of ether oxygens (including phenoxy) is 1. The summed E-state index contributed by atoms with van der Waals surface area (Å²) in [6, 6.07) is 16.3. The Labute approximate surface area is 245 Å². The maximum Gasteiger partial charge on any atom is 0.453 e.